The van der Waals surface area contributed by atoms with Gasteiger partial charge in [0.1, 0.15) is 0 Å². The van der Waals surface area contributed by atoms with Crippen molar-refractivity contribution in [2.45, 2.75) is 32.6 Å². The molecule has 1 saturated carbocycles. The van der Waals surface area contributed by atoms with Crippen LogP contribution in [0.5, 0.6) is 0 Å². The van der Waals surface area contributed by atoms with Gasteiger partial charge in [-0.3, -0.25) is 4.99 Å². The molecule has 0 bridgehead atoms. The smallest absolute Gasteiger partial charge is 0.0720 e. The minimum Gasteiger partial charge on any atom is -0.374 e. The molecule has 0 amide bonds. The zero-order chi connectivity index (χ0) is 14.1. The van der Waals surface area contributed by atoms with Gasteiger partial charge in [-0.2, -0.15) is 0 Å². The highest BCUT2D eigenvalue weighted by Gasteiger charge is 2.24. The Hall–Kier alpha value is -1.28. The summed E-state index contributed by atoms with van der Waals surface area (Å²) in [5.41, 5.74) is 5.14. The van der Waals surface area contributed by atoms with Crippen molar-refractivity contribution in [1.82, 2.24) is 4.90 Å². The summed E-state index contributed by atoms with van der Waals surface area (Å²) in [7, 11) is 2.20. The topological polar surface area (TPSA) is 15.6 Å². The molecule has 106 valence electrons. The van der Waals surface area contributed by atoms with Gasteiger partial charge >= 0.3 is 0 Å². The normalized spacial score (nSPS) is 22.8. The Morgan fingerprint density at radius 1 is 1.30 bits per heavy atom. The van der Waals surface area contributed by atoms with E-state index in [1.54, 1.807) is 5.57 Å². The Labute approximate surface area is 126 Å². The fraction of sp³-hybridized carbons (Fsp3) is 0.471. The molecule has 0 aromatic heterocycles. The fourth-order valence-electron chi connectivity index (χ4n) is 2.82. The molecule has 1 atom stereocenters. The van der Waals surface area contributed by atoms with Gasteiger partial charge in [0.25, 0.3) is 0 Å². The Balaban J connectivity index is 2.13. The van der Waals surface area contributed by atoms with Crippen LogP contribution in [0.1, 0.15) is 38.2 Å². The monoisotopic (exact) mass is 288 g/mol. The Morgan fingerprint density at radius 3 is 2.85 bits per heavy atom. The third kappa shape index (κ3) is 2.90. The summed E-state index contributed by atoms with van der Waals surface area (Å²) in [5.74, 6) is 0.530. The van der Waals surface area contributed by atoms with Gasteiger partial charge in [0.2, 0.25) is 0 Å². The van der Waals surface area contributed by atoms with Crippen LogP contribution in [0.25, 0.3) is 5.70 Å². The lowest BCUT2D eigenvalue weighted by Crippen LogP contribution is -2.20. The van der Waals surface area contributed by atoms with Gasteiger partial charge < -0.3 is 4.90 Å². The standard InChI is InChI=1S/C17H21ClN2/c1-12-4-3-9-20(2)17(13-5-6-13)15-10-14(18)7-8-16(15)19-11-12/h7-8,10-12H,3-6,9H2,1-2H3. The first-order valence-corrected chi connectivity index (χ1v) is 7.80. The van der Waals surface area contributed by atoms with E-state index in [9.17, 15) is 0 Å². The van der Waals surface area contributed by atoms with Gasteiger partial charge in [-0.15, -0.1) is 0 Å². The van der Waals surface area contributed by atoms with Crippen molar-refractivity contribution < 1.29 is 0 Å². The molecule has 0 radical (unpaired) electrons. The van der Waals surface area contributed by atoms with Crippen molar-refractivity contribution in [3.8, 4) is 0 Å². The van der Waals surface area contributed by atoms with Gasteiger partial charge in [-0.25, -0.2) is 0 Å². The van der Waals surface area contributed by atoms with Crippen molar-refractivity contribution in [3.63, 3.8) is 0 Å². The van der Waals surface area contributed by atoms with Crippen molar-refractivity contribution in [1.29, 1.82) is 0 Å². The van der Waals surface area contributed by atoms with Crippen molar-refractivity contribution in [2.24, 2.45) is 10.9 Å². The number of rotatable bonds is 0. The van der Waals surface area contributed by atoms with Crippen LogP contribution in [0.3, 0.4) is 0 Å². The highest BCUT2D eigenvalue weighted by molar-refractivity contribution is 6.30. The lowest BCUT2D eigenvalue weighted by Gasteiger charge is -2.25. The number of halogens is 1. The van der Waals surface area contributed by atoms with Gasteiger partial charge in [0.05, 0.1) is 5.69 Å². The van der Waals surface area contributed by atoms with Gasteiger partial charge in [0, 0.05) is 36.1 Å². The van der Waals surface area contributed by atoms with Crippen LogP contribution in [-0.4, -0.2) is 24.7 Å². The van der Waals surface area contributed by atoms with Crippen molar-refractivity contribution in [3.05, 3.63) is 34.4 Å². The number of allylic oxidation sites excluding steroid dienone is 1. The maximum atomic E-state index is 6.22. The van der Waals surface area contributed by atoms with Crippen molar-refractivity contribution >= 4 is 29.2 Å². The van der Waals surface area contributed by atoms with Gasteiger partial charge in [0.15, 0.2) is 0 Å². The first-order valence-electron chi connectivity index (χ1n) is 7.42. The van der Waals surface area contributed by atoms with Crippen LogP contribution >= 0.6 is 11.6 Å². The van der Waals surface area contributed by atoms with E-state index in [1.165, 1.54) is 36.9 Å². The molecular formula is C17H21ClN2. The molecule has 1 aromatic rings. The molecule has 1 aliphatic carbocycles. The van der Waals surface area contributed by atoms with Crippen LogP contribution in [0, 0.1) is 5.92 Å². The van der Waals surface area contributed by atoms with E-state index in [1.807, 2.05) is 12.1 Å². The first kappa shape index (κ1) is 13.7. The molecule has 0 N–H and O–H groups in total. The second-order valence-corrected chi connectivity index (χ2v) is 6.37. The minimum absolute atomic E-state index is 0.530. The summed E-state index contributed by atoms with van der Waals surface area (Å²) >= 11 is 6.22. The highest BCUT2D eigenvalue weighted by atomic mass is 35.5. The SMILES string of the molecule is CC1C=Nc2ccc(Cl)cc2C(=C2CC2)N(C)CCC1. The van der Waals surface area contributed by atoms with E-state index in [0.29, 0.717) is 5.92 Å². The average Bonchev–Trinajstić information content (AvgIpc) is 3.22. The third-order valence-corrected chi connectivity index (χ3v) is 4.29. The van der Waals surface area contributed by atoms with E-state index in [4.69, 9.17) is 16.6 Å². The Kier molecular flexibility index (Phi) is 3.84. The lowest BCUT2D eigenvalue weighted by molar-refractivity contribution is 0.444. The third-order valence-electron chi connectivity index (χ3n) is 4.05. The van der Waals surface area contributed by atoms with E-state index >= 15 is 0 Å². The van der Waals surface area contributed by atoms with E-state index < -0.39 is 0 Å². The maximum absolute atomic E-state index is 6.22. The summed E-state index contributed by atoms with van der Waals surface area (Å²) in [6, 6.07) is 6.04. The average molecular weight is 289 g/mol. The predicted octanol–water partition coefficient (Wildman–Crippen LogP) is 4.91. The molecule has 0 saturated heterocycles. The fourth-order valence-corrected chi connectivity index (χ4v) is 2.99. The first-order chi connectivity index (χ1) is 9.65. The van der Waals surface area contributed by atoms with E-state index in [2.05, 4.69) is 31.2 Å². The van der Waals surface area contributed by atoms with Gasteiger partial charge in [-0.05, 0) is 55.4 Å². The summed E-state index contributed by atoms with van der Waals surface area (Å²) < 4.78 is 0. The quantitative estimate of drug-likeness (QED) is 0.662. The molecule has 1 aromatic carbocycles. The highest BCUT2D eigenvalue weighted by Crippen LogP contribution is 2.42. The summed E-state index contributed by atoms with van der Waals surface area (Å²) in [4.78, 5) is 7.11. The molecule has 1 heterocycles. The summed E-state index contributed by atoms with van der Waals surface area (Å²) in [5, 5.41) is 0.788. The van der Waals surface area contributed by atoms with Crippen molar-refractivity contribution in [2.75, 3.05) is 13.6 Å². The van der Waals surface area contributed by atoms with Crippen LogP contribution < -0.4 is 0 Å². The number of aliphatic imine (C=N–C) groups is 1. The molecule has 1 fully saturated rings. The molecule has 1 aliphatic heterocycles. The van der Waals surface area contributed by atoms with Crippen LogP contribution in [0.4, 0.5) is 5.69 Å². The number of hydrogen-bond donors (Lipinski definition) is 0. The number of hydrogen-bond acceptors (Lipinski definition) is 2. The zero-order valence-electron chi connectivity index (χ0n) is 12.2. The molecule has 20 heavy (non-hydrogen) atoms. The zero-order valence-corrected chi connectivity index (χ0v) is 13.0. The predicted molar refractivity (Wildman–Crippen MR) is 86.8 cm³/mol. The molecule has 1 unspecified atom stereocenters. The molecule has 2 nitrogen and oxygen atoms in total. The lowest BCUT2D eigenvalue weighted by atomic mass is 10.0. The maximum Gasteiger partial charge on any atom is 0.0720 e. The molecule has 3 heteroatoms. The number of fused-ring (bicyclic) bond motifs is 1. The Bertz CT molecular complexity index is 568. The number of benzene rings is 1. The van der Waals surface area contributed by atoms with Crippen LogP contribution in [-0.2, 0) is 0 Å². The van der Waals surface area contributed by atoms with E-state index in [-0.39, 0.29) is 0 Å². The number of nitrogens with zero attached hydrogens (tertiary/aromatic N) is 2. The van der Waals surface area contributed by atoms with Gasteiger partial charge in [-0.1, -0.05) is 18.5 Å². The largest absolute Gasteiger partial charge is 0.374 e. The summed E-state index contributed by atoms with van der Waals surface area (Å²) in [6.45, 7) is 3.34. The molecule has 2 aliphatic rings. The summed E-state index contributed by atoms with van der Waals surface area (Å²) in [6.07, 6.45) is 6.92. The Morgan fingerprint density at radius 2 is 2.10 bits per heavy atom. The molecular weight excluding hydrogens is 268 g/mol. The van der Waals surface area contributed by atoms with E-state index in [0.717, 1.165) is 17.3 Å². The van der Waals surface area contributed by atoms with Crippen LogP contribution in [0.15, 0.2) is 28.8 Å². The van der Waals surface area contributed by atoms with Crippen LogP contribution in [0.2, 0.25) is 5.02 Å². The molecule has 3 rings (SSSR count). The second kappa shape index (κ2) is 5.61. The minimum atomic E-state index is 0.530. The second-order valence-electron chi connectivity index (χ2n) is 5.93. The molecule has 0 spiro atoms.